The fourth-order valence-corrected chi connectivity index (χ4v) is 1.87. The predicted molar refractivity (Wildman–Crippen MR) is 72.5 cm³/mol. The van der Waals surface area contributed by atoms with Crippen molar-refractivity contribution in [2.75, 3.05) is 11.1 Å². The summed E-state index contributed by atoms with van der Waals surface area (Å²) >= 11 is 0. The van der Waals surface area contributed by atoms with Crippen LogP contribution < -0.4 is 11.1 Å². The number of rotatable bonds is 3. The summed E-state index contributed by atoms with van der Waals surface area (Å²) in [6.45, 7) is 0. The molecule has 0 saturated heterocycles. The molecule has 94 valence electrons. The minimum atomic E-state index is 0.491. The number of nitrogen functional groups attached to an aromatic ring is 1. The first-order valence-corrected chi connectivity index (χ1v) is 5.67. The van der Waals surface area contributed by atoms with Crippen molar-refractivity contribution < 1.29 is 4.79 Å². The molecule has 0 atom stereocenters. The van der Waals surface area contributed by atoms with Crippen LogP contribution in [0.25, 0.3) is 16.8 Å². The first-order chi connectivity index (χ1) is 9.26. The van der Waals surface area contributed by atoms with Crippen LogP contribution in [0.3, 0.4) is 0 Å². The topological polar surface area (TPSA) is 85.3 Å². The second-order valence-electron chi connectivity index (χ2n) is 4.04. The van der Waals surface area contributed by atoms with Gasteiger partial charge in [0.05, 0.1) is 6.20 Å². The molecule has 0 bridgehead atoms. The van der Waals surface area contributed by atoms with E-state index in [4.69, 9.17) is 5.73 Å². The summed E-state index contributed by atoms with van der Waals surface area (Å²) in [5.41, 5.74) is 8.29. The van der Waals surface area contributed by atoms with Gasteiger partial charge in [0.2, 0.25) is 6.41 Å². The average molecular weight is 253 g/mol. The van der Waals surface area contributed by atoms with Crippen molar-refractivity contribution in [3.8, 4) is 11.1 Å². The molecular formula is C13H11N5O. The van der Waals surface area contributed by atoms with Gasteiger partial charge in [-0.05, 0) is 29.8 Å². The van der Waals surface area contributed by atoms with Crippen LogP contribution in [0.5, 0.6) is 0 Å². The van der Waals surface area contributed by atoms with E-state index in [-0.39, 0.29) is 0 Å². The van der Waals surface area contributed by atoms with E-state index in [0.29, 0.717) is 18.0 Å². The van der Waals surface area contributed by atoms with E-state index in [9.17, 15) is 4.79 Å². The van der Waals surface area contributed by atoms with Gasteiger partial charge in [0.25, 0.3) is 0 Å². The Labute approximate surface area is 108 Å². The second kappa shape index (κ2) is 4.41. The first-order valence-electron chi connectivity index (χ1n) is 5.67. The monoisotopic (exact) mass is 253 g/mol. The normalized spacial score (nSPS) is 10.5. The molecule has 6 nitrogen and oxygen atoms in total. The Kier molecular flexibility index (Phi) is 2.60. The van der Waals surface area contributed by atoms with E-state index >= 15 is 0 Å². The number of carbonyl (C=O) groups is 1. The van der Waals surface area contributed by atoms with Gasteiger partial charge in [-0.15, -0.1) is 0 Å². The lowest BCUT2D eigenvalue weighted by Crippen LogP contribution is -1.92. The van der Waals surface area contributed by atoms with Crippen LogP contribution in [-0.2, 0) is 4.79 Å². The van der Waals surface area contributed by atoms with Gasteiger partial charge >= 0.3 is 0 Å². The molecular weight excluding hydrogens is 242 g/mol. The zero-order valence-electron chi connectivity index (χ0n) is 9.95. The number of carbonyl (C=O) groups excluding carboxylic acids is 1. The molecule has 0 aliphatic heterocycles. The van der Waals surface area contributed by atoms with Gasteiger partial charge in [-0.1, -0.05) is 0 Å². The van der Waals surface area contributed by atoms with E-state index in [1.54, 1.807) is 18.5 Å². The smallest absolute Gasteiger partial charge is 0.212 e. The highest BCUT2D eigenvalue weighted by Gasteiger charge is 2.03. The Balaban J connectivity index is 2.05. The molecule has 3 heterocycles. The summed E-state index contributed by atoms with van der Waals surface area (Å²) in [5, 5.41) is 2.52. The summed E-state index contributed by atoms with van der Waals surface area (Å²) in [4.78, 5) is 18.7. The first kappa shape index (κ1) is 11.2. The summed E-state index contributed by atoms with van der Waals surface area (Å²) in [5.74, 6) is 1.01. The van der Waals surface area contributed by atoms with Gasteiger partial charge in [-0.2, -0.15) is 0 Å². The van der Waals surface area contributed by atoms with Crippen LogP contribution in [0.2, 0.25) is 0 Å². The molecule has 0 radical (unpaired) electrons. The standard InChI is InChI=1S/C13H11N5O/c14-11-3-1-9(5-15-11)10-2-4-13-17-12(16-8-19)7-18(13)6-10/h1-8H,(H2,14,15)(H,16,19). The molecule has 19 heavy (non-hydrogen) atoms. The third kappa shape index (κ3) is 2.11. The number of anilines is 2. The molecule has 1 amide bonds. The van der Waals surface area contributed by atoms with Crippen LogP contribution in [0.4, 0.5) is 11.6 Å². The van der Waals surface area contributed by atoms with Crippen LogP contribution in [-0.4, -0.2) is 20.8 Å². The number of nitrogens with two attached hydrogens (primary N) is 1. The minimum Gasteiger partial charge on any atom is -0.384 e. The van der Waals surface area contributed by atoms with Gasteiger partial charge in [-0.25, -0.2) is 9.97 Å². The van der Waals surface area contributed by atoms with Gasteiger partial charge in [0.1, 0.15) is 11.5 Å². The molecule has 0 unspecified atom stereocenters. The molecule has 0 fully saturated rings. The molecule has 3 aromatic rings. The average Bonchev–Trinajstić information content (AvgIpc) is 2.81. The van der Waals surface area contributed by atoms with Gasteiger partial charge in [-0.3, -0.25) is 4.79 Å². The van der Waals surface area contributed by atoms with E-state index in [0.717, 1.165) is 16.8 Å². The fourth-order valence-electron chi connectivity index (χ4n) is 1.87. The molecule has 3 N–H and O–H groups in total. The number of fused-ring (bicyclic) bond motifs is 1. The maximum absolute atomic E-state index is 10.4. The molecule has 0 aliphatic carbocycles. The van der Waals surface area contributed by atoms with E-state index < -0.39 is 0 Å². The Morgan fingerprint density at radius 1 is 1.16 bits per heavy atom. The largest absolute Gasteiger partial charge is 0.384 e. The molecule has 0 saturated carbocycles. The molecule has 0 spiro atoms. The summed E-state index contributed by atoms with van der Waals surface area (Å²) in [6, 6.07) is 7.49. The number of amides is 1. The highest BCUT2D eigenvalue weighted by atomic mass is 16.1. The van der Waals surface area contributed by atoms with Gasteiger partial charge in [0, 0.05) is 18.0 Å². The van der Waals surface area contributed by atoms with Crippen LogP contribution in [0.15, 0.2) is 42.9 Å². The quantitative estimate of drug-likeness (QED) is 0.693. The van der Waals surface area contributed by atoms with Crippen molar-refractivity contribution in [3.63, 3.8) is 0 Å². The van der Waals surface area contributed by atoms with Crippen molar-refractivity contribution in [3.05, 3.63) is 42.9 Å². The lowest BCUT2D eigenvalue weighted by Gasteiger charge is -2.02. The summed E-state index contributed by atoms with van der Waals surface area (Å²) < 4.78 is 1.84. The Morgan fingerprint density at radius 3 is 2.74 bits per heavy atom. The van der Waals surface area contributed by atoms with Crippen molar-refractivity contribution >= 4 is 23.7 Å². The zero-order valence-corrected chi connectivity index (χ0v) is 9.95. The third-order valence-electron chi connectivity index (χ3n) is 2.78. The van der Waals surface area contributed by atoms with Crippen LogP contribution in [0.1, 0.15) is 0 Å². The second-order valence-corrected chi connectivity index (χ2v) is 4.04. The molecule has 3 aromatic heterocycles. The van der Waals surface area contributed by atoms with Crippen molar-refractivity contribution in [2.45, 2.75) is 0 Å². The number of pyridine rings is 2. The molecule has 6 heteroatoms. The lowest BCUT2D eigenvalue weighted by molar-refractivity contribution is -0.105. The predicted octanol–water partition coefficient (Wildman–Crippen LogP) is 1.55. The van der Waals surface area contributed by atoms with Crippen LogP contribution >= 0.6 is 0 Å². The number of imidazole rings is 1. The summed E-state index contributed by atoms with van der Waals surface area (Å²) in [7, 11) is 0. The Morgan fingerprint density at radius 2 is 2.00 bits per heavy atom. The highest BCUT2D eigenvalue weighted by molar-refractivity contribution is 5.71. The van der Waals surface area contributed by atoms with Gasteiger partial charge < -0.3 is 15.5 Å². The highest BCUT2D eigenvalue weighted by Crippen LogP contribution is 2.20. The fraction of sp³-hybridized carbons (Fsp3) is 0. The molecule has 0 aromatic carbocycles. The van der Waals surface area contributed by atoms with Gasteiger partial charge in [0.15, 0.2) is 5.82 Å². The SMILES string of the molecule is Nc1ccc(-c2ccc3nc(NC=O)cn3c2)cn1. The number of nitrogens with zero attached hydrogens (tertiary/aromatic N) is 3. The van der Waals surface area contributed by atoms with Crippen LogP contribution in [0, 0.1) is 0 Å². The molecule has 3 rings (SSSR count). The van der Waals surface area contributed by atoms with Crippen molar-refractivity contribution in [2.24, 2.45) is 0 Å². The number of nitrogens with one attached hydrogen (secondary N) is 1. The number of hydrogen-bond donors (Lipinski definition) is 2. The Bertz CT molecular complexity index is 732. The minimum absolute atomic E-state index is 0.491. The van der Waals surface area contributed by atoms with Crippen molar-refractivity contribution in [1.29, 1.82) is 0 Å². The number of hydrogen-bond acceptors (Lipinski definition) is 4. The molecule has 0 aliphatic rings. The van der Waals surface area contributed by atoms with E-state index in [1.807, 2.05) is 28.8 Å². The van der Waals surface area contributed by atoms with E-state index in [2.05, 4.69) is 15.3 Å². The maximum atomic E-state index is 10.4. The summed E-state index contributed by atoms with van der Waals surface area (Å²) in [6.07, 6.45) is 5.99. The van der Waals surface area contributed by atoms with E-state index in [1.165, 1.54) is 0 Å². The van der Waals surface area contributed by atoms with Crippen molar-refractivity contribution in [1.82, 2.24) is 14.4 Å². The lowest BCUT2D eigenvalue weighted by atomic mass is 10.1. The Hall–Kier alpha value is -2.89. The number of aromatic nitrogens is 3. The third-order valence-corrected chi connectivity index (χ3v) is 2.78. The maximum Gasteiger partial charge on any atom is 0.212 e. The zero-order chi connectivity index (χ0) is 13.2.